The second-order valence-corrected chi connectivity index (χ2v) is 4.96. The van der Waals surface area contributed by atoms with Gasteiger partial charge in [0.1, 0.15) is 0 Å². The summed E-state index contributed by atoms with van der Waals surface area (Å²) >= 11 is 4.70. The Balaban J connectivity index is 2.21. The van der Waals surface area contributed by atoms with E-state index in [-0.39, 0.29) is 6.04 Å². The van der Waals surface area contributed by atoms with Crippen LogP contribution in [0.25, 0.3) is 0 Å². The number of halogens is 1. The lowest BCUT2D eigenvalue weighted by Crippen LogP contribution is -2.16. The van der Waals surface area contributed by atoms with Crippen molar-refractivity contribution in [2.75, 3.05) is 0 Å². The van der Waals surface area contributed by atoms with E-state index < -0.39 is 0 Å². The van der Waals surface area contributed by atoms with Crippen molar-refractivity contribution in [1.82, 2.24) is 18.5 Å². The van der Waals surface area contributed by atoms with Gasteiger partial charge in [0.2, 0.25) is 0 Å². The van der Waals surface area contributed by atoms with Crippen LogP contribution in [0.15, 0.2) is 10.7 Å². The van der Waals surface area contributed by atoms with E-state index in [1.165, 1.54) is 11.7 Å². The van der Waals surface area contributed by atoms with Gasteiger partial charge in [-0.1, -0.05) is 0 Å². The van der Waals surface area contributed by atoms with Crippen LogP contribution in [0.4, 0.5) is 0 Å². The van der Waals surface area contributed by atoms with Gasteiger partial charge in [-0.3, -0.25) is 4.68 Å². The third-order valence-electron chi connectivity index (χ3n) is 2.43. The maximum Gasteiger partial charge on any atom is 0.0914 e. The van der Waals surface area contributed by atoms with Crippen LogP contribution in [-0.2, 0) is 13.5 Å². The Hall–Kier alpha value is -0.790. The van der Waals surface area contributed by atoms with Crippen LogP contribution in [-0.4, -0.2) is 18.5 Å². The van der Waals surface area contributed by atoms with Crippen LogP contribution in [0.5, 0.6) is 0 Å². The molecule has 2 aromatic heterocycles. The van der Waals surface area contributed by atoms with Gasteiger partial charge >= 0.3 is 0 Å². The SMILES string of the molecule is Cc1nn(C)c(CC(N)c2cnsn2)c1Br. The largest absolute Gasteiger partial charge is 0.322 e. The van der Waals surface area contributed by atoms with E-state index in [0.29, 0.717) is 6.42 Å². The van der Waals surface area contributed by atoms with Gasteiger partial charge in [0.15, 0.2) is 0 Å². The Morgan fingerprint density at radius 3 is 2.88 bits per heavy atom. The Labute approximate surface area is 106 Å². The first kappa shape index (κ1) is 11.7. The highest BCUT2D eigenvalue weighted by atomic mass is 79.9. The number of hydrogen-bond acceptors (Lipinski definition) is 5. The van der Waals surface area contributed by atoms with Crippen LogP contribution >= 0.6 is 27.7 Å². The molecule has 0 radical (unpaired) electrons. The van der Waals surface area contributed by atoms with E-state index in [9.17, 15) is 0 Å². The van der Waals surface area contributed by atoms with E-state index in [1.807, 2.05) is 18.7 Å². The molecule has 2 heterocycles. The highest BCUT2D eigenvalue weighted by Crippen LogP contribution is 2.24. The monoisotopic (exact) mass is 301 g/mol. The van der Waals surface area contributed by atoms with E-state index in [1.54, 1.807) is 6.20 Å². The van der Waals surface area contributed by atoms with Crippen LogP contribution in [0.2, 0.25) is 0 Å². The Morgan fingerprint density at radius 1 is 1.62 bits per heavy atom. The van der Waals surface area contributed by atoms with Crippen molar-refractivity contribution in [2.24, 2.45) is 12.8 Å². The molecule has 1 unspecified atom stereocenters. The zero-order chi connectivity index (χ0) is 11.7. The predicted molar refractivity (Wildman–Crippen MR) is 66.2 cm³/mol. The van der Waals surface area contributed by atoms with Gasteiger partial charge in [-0.2, -0.15) is 13.8 Å². The van der Waals surface area contributed by atoms with Crippen LogP contribution in [0, 0.1) is 6.92 Å². The Kier molecular flexibility index (Phi) is 3.36. The summed E-state index contributed by atoms with van der Waals surface area (Å²) in [6.45, 7) is 1.96. The van der Waals surface area contributed by atoms with Gasteiger partial charge in [0, 0.05) is 13.5 Å². The maximum absolute atomic E-state index is 6.06. The topological polar surface area (TPSA) is 69.6 Å². The number of rotatable bonds is 3. The van der Waals surface area contributed by atoms with Crippen molar-refractivity contribution in [3.8, 4) is 0 Å². The molecule has 0 aromatic carbocycles. The lowest BCUT2D eigenvalue weighted by atomic mass is 10.1. The van der Waals surface area contributed by atoms with Gasteiger partial charge in [-0.05, 0) is 22.9 Å². The number of aromatic nitrogens is 4. The normalized spacial score (nSPS) is 13.0. The van der Waals surface area contributed by atoms with Crippen LogP contribution in [0.3, 0.4) is 0 Å². The number of nitrogens with two attached hydrogens (primary N) is 1. The van der Waals surface area contributed by atoms with Crippen molar-refractivity contribution in [3.63, 3.8) is 0 Å². The first-order valence-electron chi connectivity index (χ1n) is 4.80. The summed E-state index contributed by atoms with van der Waals surface area (Å²) in [7, 11) is 1.92. The zero-order valence-corrected chi connectivity index (χ0v) is 11.4. The quantitative estimate of drug-likeness (QED) is 0.934. The summed E-state index contributed by atoms with van der Waals surface area (Å²) in [6, 6.07) is -0.134. The van der Waals surface area contributed by atoms with Crippen LogP contribution in [0.1, 0.15) is 23.1 Å². The second-order valence-electron chi connectivity index (χ2n) is 3.61. The summed E-state index contributed by atoms with van der Waals surface area (Å²) in [5, 5.41) is 4.33. The number of nitrogens with zero attached hydrogens (tertiary/aromatic N) is 4. The molecule has 0 saturated carbocycles. The zero-order valence-electron chi connectivity index (χ0n) is 9.01. The lowest BCUT2D eigenvalue weighted by Gasteiger charge is -2.08. The fraction of sp³-hybridized carbons (Fsp3) is 0.444. The minimum absolute atomic E-state index is 0.134. The molecule has 0 aliphatic carbocycles. The molecule has 2 aromatic rings. The van der Waals surface area contributed by atoms with Gasteiger partial charge in [-0.15, -0.1) is 0 Å². The molecule has 0 aliphatic rings. The summed E-state index contributed by atoms with van der Waals surface area (Å²) in [5.74, 6) is 0. The summed E-state index contributed by atoms with van der Waals surface area (Å²) in [4.78, 5) is 0. The van der Waals surface area contributed by atoms with Crippen molar-refractivity contribution < 1.29 is 0 Å². The van der Waals surface area contributed by atoms with Crippen molar-refractivity contribution in [1.29, 1.82) is 0 Å². The molecular weight excluding hydrogens is 290 g/mol. The molecule has 5 nitrogen and oxygen atoms in total. The molecule has 0 saturated heterocycles. The third-order valence-corrected chi connectivity index (χ3v) is 3.96. The van der Waals surface area contributed by atoms with E-state index in [4.69, 9.17) is 5.73 Å². The Morgan fingerprint density at radius 2 is 2.38 bits per heavy atom. The molecule has 0 bridgehead atoms. The fourth-order valence-corrected chi connectivity index (χ4v) is 2.53. The fourth-order valence-electron chi connectivity index (χ4n) is 1.55. The molecule has 7 heteroatoms. The predicted octanol–water partition coefficient (Wildman–Crippen LogP) is 1.59. The number of aryl methyl sites for hydroxylation is 2. The van der Waals surface area contributed by atoms with Crippen molar-refractivity contribution >= 4 is 27.7 Å². The minimum Gasteiger partial charge on any atom is -0.322 e. The third kappa shape index (κ3) is 2.16. The molecule has 2 rings (SSSR count). The molecule has 0 amide bonds. The van der Waals surface area contributed by atoms with E-state index >= 15 is 0 Å². The summed E-state index contributed by atoms with van der Waals surface area (Å²) < 4.78 is 11.0. The van der Waals surface area contributed by atoms with E-state index in [0.717, 1.165) is 21.6 Å². The molecule has 0 fully saturated rings. The highest BCUT2D eigenvalue weighted by Gasteiger charge is 2.16. The second kappa shape index (κ2) is 4.60. The summed E-state index contributed by atoms with van der Waals surface area (Å²) in [6.07, 6.45) is 2.41. The smallest absolute Gasteiger partial charge is 0.0914 e. The molecule has 1 atom stereocenters. The van der Waals surface area contributed by atoms with Crippen molar-refractivity contribution in [2.45, 2.75) is 19.4 Å². The molecular formula is C9H12BrN5S. The van der Waals surface area contributed by atoms with Gasteiger partial charge < -0.3 is 5.73 Å². The lowest BCUT2D eigenvalue weighted by molar-refractivity contribution is 0.630. The van der Waals surface area contributed by atoms with Crippen molar-refractivity contribution in [3.05, 3.63) is 27.8 Å². The van der Waals surface area contributed by atoms with Gasteiger partial charge in [-0.25, -0.2) is 0 Å². The Bertz CT molecular complexity index is 478. The van der Waals surface area contributed by atoms with Gasteiger partial charge in [0.25, 0.3) is 0 Å². The average Bonchev–Trinajstić information content (AvgIpc) is 2.83. The van der Waals surface area contributed by atoms with Gasteiger partial charge in [0.05, 0.1) is 45.5 Å². The minimum atomic E-state index is -0.134. The first-order chi connectivity index (χ1) is 7.59. The standard InChI is InChI=1S/C9H12BrN5S/c1-5-9(10)8(15(2)13-5)3-6(11)7-4-12-16-14-7/h4,6H,3,11H2,1-2H3. The molecule has 16 heavy (non-hydrogen) atoms. The highest BCUT2D eigenvalue weighted by molar-refractivity contribution is 9.10. The maximum atomic E-state index is 6.06. The average molecular weight is 302 g/mol. The van der Waals surface area contributed by atoms with E-state index in [2.05, 4.69) is 29.8 Å². The number of hydrogen-bond donors (Lipinski definition) is 1. The molecule has 2 N–H and O–H groups in total. The first-order valence-corrected chi connectivity index (χ1v) is 6.33. The molecule has 0 spiro atoms. The molecule has 0 aliphatic heterocycles. The van der Waals surface area contributed by atoms with Crippen LogP contribution < -0.4 is 5.73 Å². The molecule has 86 valence electrons. The summed E-state index contributed by atoms with van der Waals surface area (Å²) in [5.41, 5.74) is 8.94.